The van der Waals surface area contributed by atoms with Gasteiger partial charge in [-0.3, -0.25) is 0 Å². The second kappa shape index (κ2) is 4.45. The first-order valence-electron chi connectivity index (χ1n) is 4.70. The smallest absolute Gasteiger partial charge is 0.0471 e. The summed E-state index contributed by atoms with van der Waals surface area (Å²) in [7, 11) is 0. The summed E-state index contributed by atoms with van der Waals surface area (Å²) in [6, 6.07) is 0. The van der Waals surface area contributed by atoms with Crippen molar-refractivity contribution in [1.29, 1.82) is 0 Å². The normalized spacial score (nSPS) is 28.0. The van der Waals surface area contributed by atoms with Crippen LogP contribution < -0.4 is 5.32 Å². The van der Waals surface area contributed by atoms with Gasteiger partial charge in [-0.25, -0.2) is 0 Å². The average molecular weight is 192 g/mol. The molecule has 1 N–H and O–H groups in total. The second-order valence-electron chi connectivity index (χ2n) is 3.86. The number of halogens is 1. The van der Waals surface area contributed by atoms with Crippen LogP contribution in [0, 0.1) is 5.41 Å². The average Bonchev–Trinajstić information content (AvgIpc) is 2.07. The Morgan fingerprint density at radius 2 is 1.50 bits per heavy atom. The molecule has 0 aliphatic carbocycles. The van der Waals surface area contributed by atoms with E-state index in [0.717, 1.165) is 13.2 Å². The third kappa shape index (κ3) is 2.12. The number of hydrogen-bond donors (Lipinski definition) is 1. The van der Waals surface area contributed by atoms with Crippen LogP contribution in [0.5, 0.6) is 0 Å². The van der Waals surface area contributed by atoms with Gasteiger partial charge in [0.1, 0.15) is 0 Å². The molecule has 0 amide bonds. The second-order valence-corrected chi connectivity index (χ2v) is 3.86. The Labute approximate surface area is 80.5 Å². The molecule has 0 unspecified atom stereocenters. The molecule has 2 fully saturated rings. The zero-order chi connectivity index (χ0) is 7.57. The molecule has 0 radical (unpaired) electrons. The summed E-state index contributed by atoms with van der Waals surface area (Å²) in [4.78, 5) is 0. The topological polar surface area (TPSA) is 21.3 Å². The van der Waals surface area contributed by atoms with Gasteiger partial charge in [0.25, 0.3) is 0 Å². The highest BCUT2D eigenvalue weighted by Gasteiger charge is 2.33. The summed E-state index contributed by atoms with van der Waals surface area (Å²) < 4.78 is 5.38. The van der Waals surface area contributed by atoms with Crippen LogP contribution in [-0.2, 0) is 4.74 Å². The van der Waals surface area contributed by atoms with E-state index in [0.29, 0.717) is 5.41 Å². The molecule has 2 heterocycles. The fraction of sp³-hybridized carbons (Fsp3) is 1.00. The van der Waals surface area contributed by atoms with E-state index >= 15 is 0 Å². The minimum Gasteiger partial charge on any atom is -0.381 e. The van der Waals surface area contributed by atoms with Gasteiger partial charge in [0.05, 0.1) is 0 Å². The standard InChI is InChI=1S/C9H17NO.ClH/c1-5-10-6-2-9(1)3-7-11-8-4-9;/h10H,1-8H2;1H. The van der Waals surface area contributed by atoms with Crippen LogP contribution in [0.25, 0.3) is 0 Å². The van der Waals surface area contributed by atoms with Crippen molar-refractivity contribution in [3.8, 4) is 0 Å². The van der Waals surface area contributed by atoms with Gasteiger partial charge in [-0.2, -0.15) is 0 Å². The van der Waals surface area contributed by atoms with Crippen molar-refractivity contribution in [2.75, 3.05) is 26.3 Å². The van der Waals surface area contributed by atoms with Crippen LogP contribution in [0.3, 0.4) is 0 Å². The fourth-order valence-electron chi connectivity index (χ4n) is 2.26. The molecule has 12 heavy (non-hydrogen) atoms. The molecule has 2 aliphatic heterocycles. The zero-order valence-corrected chi connectivity index (χ0v) is 8.29. The molecule has 0 aromatic carbocycles. The van der Waals surface area contributed by atoms with Gasteiger partial charge in [-0.15, -0.1) is 12.4 Å². The molecule has 0 aromatic rings. The molecule has 2 nitrogen and oxygen atoms in total. The summed E-state index contributed by atoms with van der Waals surface area (Å²) >= 11 is 0. The Bertz CT molecular complexity index is 109. The highest BCUT2D eigenvalue weighted by molar-refractivity contribution is 5.85. The summed E-state index contributed by atoms with van der Waals surface area (Å²) in [6.45, 7) is 4.44. The molecule has 3 heteroatoms. The lowest BCUT2D eigenvalue weighted by molar-refractivity contribution is -0.00102. The third-order valence-electron chi connectivity index (χ3n) is 3.22. The van der Waals surface area contributed by atoms with Crippen molar-refractivity contribution < 1.29 is 4.74 Å². The molecule has 0 bridgehead atoms. The number of ether oxygens (including phenoxy) is 1. The highest BCUT2D eigenvalue weighted by Crippen LogP contribution is 2.38. The maximum Gasteiger partial charge on any atom is 0.0471 e. The van der Waals surface area contributed by atoms with Gasteiger partial charge in [-0.05, 0) is 44.2 Å². The Balaban J connectivity index is 0.000000720. The number of hydrogen-bond acceptors (Lipinski definition) is 2. The Hall–Kier alpha value is 0.210. The third-order valence-corrected chi connectivity index (χ3v) is 3.22. The fourth-order valence-corrected chi connectivity index (χ4v) is 2.26. The van der Waals surface area contributed by atoms with Crippen molar-refractivity contribution in [2.45, 2.75) is 25.7 Å². The summed E-state index contributed by atoms with van der Waals surface area (Å²) in [6.07, 6.45) is 5.34. The maximum absolute atomic E-state index is 5.38. The Morgan fingerprint density at radius 1 is 0.917 bits per heavy atom. The van der Waals surface area contributed by atoms with Crippen molar-refractivity contribution in [3.63, 3.8) is 0 Å². The molecule has 0 aromatic heterocycles. The first-order valence-corrected chi connectivity index (χ1v) is 4.70. The maximum atomic E-state index is 5.38. The first kappa shape index (κ1) is 10.3. The van der Waals surface area contributed by atoms with Crippen molar-refractivity contribution in [2.24, 2.45) is 5.41 Å². The highest BCUT2D eigenvalue weighted by atomic mass is 35.5. The SMILES string of the molecule is C1CC2(CCN1)CCOCC2.Cl. The van der Waals surface area contributed by atoms with Crippen LogP contribution >= 0.6 is 12.4 Å². The monoisotopic (exact) mass is 191 g/mol. The zero-order valence-electron chi connectivity index (χ0n) is 7.47. The summed E-state index contributed by atoms with van der Waals surface area (Å²) in [5.41, 5.74) is 0.670. The van der Waals surface area contributed by atoms with Gasteiger partial charge < -0.3 is 10.1 Å². The Morgan fingerprint density at radius 3 is 2.08 bits per heavy atom. The number of rotatable bonds is 0. The molecule has 72 valence electrons. The van der Waals surface area contributed by atoms with E-state index in [4.69, 9.17) is 4.74 Å². The molecular formula is C9H18ClNO. The van der Waals surface area contributed by atoms with Crippen LogP contribution in [0.15, 0.2) is 0 Å². The van der Waals surface area contributed by atoms with E-state index in [1.165, 1.54) is 38.8 Å². The Kier molecular flexibility index (Phi) is 3.81. The van der Waals surface area contributed by atoms with Gasteiger partial charge in [-0.1, -0.05) is 0 Å². The molecule has 2 rings (SSSR count). The van der Waals surface area contributed by atoms with Crippen LogP contribution in [-0.4, -0.2) is 26.3 Å². The van der Waals surface area contributed by atoms with Gasteiger partial charge in [0, 0.05) is 13.2 Å². The lowest BCUT2D eigenvalue weighted by Gasteiger charge is -2.40. The van der Waals surface area contributed by atoms with Crippen molar-refractivity contribution >= 4 is 12.4 Å². The predicted octanol–water partition coefficient (Wildman–Crippen LogP) is 1.59. The van der Waals surface area contributed by atoms with E-state index in [-0.39, 0.29) is 12.4 Å². The van der Waals surface area contributed by atoms with Crippen molar-refractivity contribution in [1.82, 2.24) is 5.32 Å². The summed E-state index contributed by atoms with van der Waals surface area (Å²) in [5.74, 6) is 0. The molecular weight excluding hydrogens is 174 g/mol. The van der Waals surface area contributed by atoms with Crippen LogP contribution in [0.1, 0.15) is 25.7 Å². The minimum absolute atomic E-state index is 0. The van der Waals surface area contributed by atoms with Gasteiger partial charge in [0.2, 0.25) is 0 Å². The molecule has 0 saturated carbocycles. The van der Waals surface area contributed by atoms with Gasteiger partial charge in [0.15, 0.2) is 0 Å². The molecule has 2 saturated heterocycles. The van der Waals surface area contributed by atoms with E-state index in [9.17, 15) is 0 Å². The number of nitrogens with one attached hydrogen (secondary N) is 1. The van der Waals surface area contributed by atoms with Crippen molar-refractivity contribution in [3.05, 3.63) is 0 Å². The lowest BCUT2D eigenvalue weighted by atomic mass is 9.73. The van der Waals surface area contributed by atoms with Gasteiger partial charge >= 0.3 is 0 Å². The quantitative estimate of drug-likeness (QED) is 0.628. The van der Waals surface area contributed by atoms with E-state index in [2.05, 4.69) is 5.32 Å². The van der Waals surface area contributed by atoms with E-state index < -0.39 is 0 Å². The lowest BCUT2D eigenvalue weighted by Crippen LogP contribution is -2.40. The van der Waals surface area contributed by atoms with E-state index in [1.807, 2.05) is 0 Å². The minimum atomic E-state index is 0. The van der Waals surface area contributed by atoms with Crippen LogP contribution in [0.2, 0.25) is 0 Å². The number of piperidine rings is 1. The summed E-state index contributed by atoms with van der Waals surface area (Å²) in [5, 5.41) is 3.42. The van der Waals surface area contributed by atoms with E-state index in [1.54, 1.807) is 0 Å². The largest absolute Gasteiger partial charge is 0.381 e. The van der Waals surface area contributed by atoms with Crippen LogP contribution in [0.4, 0.5) is 0 Å². The first-order chi connectivity index (χ1) is 5.41. The predicted molar refractivity (Wildman–Crippen MR) is 51.8 cm³/mol. The molecule has 0 atom stereocenters. The molecule has 2 aliphatic rings. The molecule has 1 spiro atoms.